The van der Waals surface area contributed by atoms with Gasteiger partial charge in [-0.2, -0.15) is 0 Å². The van der Waals surface area contributed by atoms with E-state index in [2.05, 4.69) is 73.7 Å². The number of para-hydroxylation sites is 1. The minimum absolute atomic E-state index is 0.0238. The SMILES string of the molecule is C/C=C\c1c(C=NC)n(C(C)(C)C)c2ccccc12. The Morgan fingerprint density at radius 2 is 1.84 bits per heavy atom. The maximum Gasteiger partial charge on any atom is 0.0677 e. The van der Waals surface area contributed by atoms with E-state index in [4.69, 9.17) is 0 Å². The van der Waals surface area contributed by atoms with Gasteiger partial charge in [0.15, 0.2) is 0 Å². The van der Waals surface area contributed by atoms with Crippen LogP contribution in [0.2, 0.25) is 0 Å². The van der Waals surface area contributed by atoms with Crippen LogP contribution in [0.4, 0.5) is 0 Å². The van der Waals surface area contributed by atoms with E-state index >= 15 is 0 Å². The number of allylic oxidation sites excluding steroid dienone is 1. The smallest absolute Gasteiger partial charge is 0.0677 e. The van der Waals surface area contributed by atoms with Gasteiger partial charge in [0, 0.05) is 35.3 Å². The van der Waals surface area contributed by atoms with Crippen LogP contribution in [0.25, 0.3) is 17.0 Å². The number of rotatable bonds is 2. The zero-order valence-corrected chi connectivity index (χ0v) is 12.4. The Morgan fingerprint density at radius 1 is 1.16 bits per heavy atom. The molecule has 0 saturated heterocycles. The molecule has 0 unspecified atom stereocenters. The molecule has 0 spiro atoms. The molecule has 0 bridgehead atoms. The summed E-state index contributed by atoms with van der Waals surface area (Å²) in [4.78, 5) is 4.24. The van der Waals surface area contributed by atoms with Crippen molar-refractivity contribution in [3.8, 4) is 0 Å². The number of aromatic nitrogens is 1. The predicted molar refractivity (Wildman–Crippen MR) is 85.2 cm³/mol. The first-order valence-electron chi connectivity index (χ1n) is 6.69. The minimum Gasteiger partial charge on any atom is -0.334 e. The summed E-state index contributed by atoms with van der Waals surface area (Å²) in [5, 5.41) is 1.28. The van der Waals surface area contributed by atoms with E-state index in [1.54, 1.807) is 0 Å². The zero-order valence-electron chi connectivity index (χ0n) is 12.4. The second-order valence-electron chi connectivity index (χ2n) is 5.71. The van der Waals surface area contributed by atoms with Crippen molar-refractivity contribution in [2.75, 3.05) is 7.05 Å². The van der Waals surface area contributed by atoms with Crippen molar-refractivity contribution in [1.82, 2.24) is 4.57 Å². The van der Waals surface area contributed by atoms with Crippen molar-refractivity contribution in [1.29, 1.82) is 0 Å². The van der Waals surface area contributed by atoms with Crippen molar-refractivity contribution >= 4 is 23.2 Å². The van der Waals surface area contributed by atoms with Crippen molar-refractivity contribution in [2.45, 2.75) is 33.2 Å². The first-order chi connectivity index (χ1) is 9.00. The number of hydrogen-bond donors (Lipinski definition) is 0. The predicted octanol–water partition coefficient (Wildman–Crippen LogP) is 4.48. The van der Waals surface area contributed by atoms with Crippen LogP contribution in [0.1, 0.15) is 39.0 Å². The molecule has 0 amide bonds. The van der Waals surface area contributed by atoms with Gasteiger partial charge in [-0.05, 0) is 33.8 Å². The first kappa shape index (κ1) is 13.6. The third-order valence-electron chi connectivity index (χ3n) is 3.21. The third-order valence-corrected chi connectivity index (χ3v) is 3.21. The standard InChI is InChI=1S/C17H22N2/c1-6-9-13-14-10-7-8-11-15(14)19(17(2,3)4)16(13)12-18-5/h6-12H,1-5H3/b9-6-,18-12?. The lowest BCUT2D eigenvalue weighted by Gasteiger charge is -2.25. The maximum atomic E-state index is 4.24. The minimum atomic E-state index is 0.0238. The first-order valence-corrected chi connectivity index (χ1v) is 6.69. The molecule has 0 aliphatic carbocycles. The normalized spacial score (nSPS) is 13.1. The monoisotopic (exact) mass is 254 g/mol. The van der Waals surface area contributed by atoms with Crippen LogP contribution in [0.5, 0.6) is 0 Å². The van der Waals surface area contributed by atoms with Crippen molar-refractivity contribution in [3.63, 3.8) is 0 Å². The maximum absolute atomic E-state index is 4.24. The van der Waals surface area contributed by atoms with Crippen LogP contribution in [0, 0.1) is 0 Å². The third kappa shape index (κ3) is 2.35. The van der Waals surface area contributed by atoms with E-state index in [0.29, 0.717) is 0 Å². The van der Waals surface area contributed by atoms with Crippen LogP contribution in [-0.4, -0.2) is 17.8 Å². The summed E-state index contributed by atoms with van der Waals surface area (Å²) >= 11 is 0. The highest BCUT2D eigenvalue weighted by molar-refractivity contribution is 5.99. The Balaban J connectivity index is 2.95. The summed E-state index contributed by atoms with van der Waals surface area (Å²) in [5.74, 6) is 0. The molecular formula is C17H22N2. The topological polar surface area (TPSA) is 17.3 Å². The molecule has 1 heterocycles. The van der Waals surface area contributed by atoms with E-state index in [0.717, 1.165) is 0 Å². The van der Waals surface area contributed by atoms with Gasteiger partial charge in [-0.1, -0.05) is 30.4 Å². The highest BCUT2D eigenvalue weighted by atomic mass is 15.1. The van der Waals surface area contributed by atoms with Gasteiger partial charge < -0.3 is 4.57 Å². The van der Waals surface area contributed by atoms with Crippen LogP contribution in [0.3, 0.4) is 0 Å². The van der Waals surface area contributed by atoms with Crippen LogP contribution in [-0.2, 0) is 5.54 Å². The Labute approximate surface area is 115 Å². The molecule has 2 rings (SSSR count). The average Bonchev–Trinajstić information content (AvgIpc) is 2.65. The van der Waals surface area contributed by atoms with E-state index in [9.17, 15) is 0 Å². The fraction of sp³-hybridized carbons (Fsp3) is 0.353. The molecule has 0 aliphatic rings. The number of benzene rings is 1. The summed E-state index contributed by atoms with van der Waals surface area (Å²) in [5.41, 5.74) is 3.71. The molecule has 1 aromatic carbocycles. The molecule has 2 nitrogen and oxygen atoms in total. The number of fused-ring (bicyclic) bond motifs is 1. The van der Waals surface area contributed by atoms with Crippen LogP contribution < -0.4 is 0 Å². The van der Waals surface area contributed by atoms with Crippen molar-refractivity contribution < 1.29 is 0 Å². The van der Waals surface area contributed by atoms with Gasteiger partial charge in [-0.3, -0.25) is 4.99 Å². The lowest BCUT2D eigenvalue weighted by molar-refractivity contribution is 0.409. The Bertz CT molecular complexity index is 637. The van der Waals surface area contributed by atoms with E-state index in [1.165, 1.54) is 22.2 Å². The summed E-state index contributed by atoms with van der Waals surface area (Å²) in [6, 6.07) is 8.55. The number of nitrogens with zero attached hydrogens (tertiary/aromatic N) is 2. The van der Waals surface area contributed by atoms with Crippen molar-refractivity contribution in [2.24, 2.45) is 4.99 Å². The van der Waals surface area contributed by atoms with Gasteiger partial charge in [-0.15, -0.1) is 0 Å². The van der Waals surface area contributed by atoms with Gasteiger partial charge >= 0.3 is 0 Å². The molecule has 0 radical (unpaired) electrons. The molecule has 19 heavy (non-hydrogen) atoms. The highest BCUT2D eigenvalue weighted by Crippen LogP contribution is 2.31. The molecule has 2 heteroatoms. The molecule has 100 valence electrons. The van der Waals surface area contributed by atoms with E-state index in [1.807, 2.05) is 13.3 Å². The molecule has 0 N–H and O–H groups in total. The molecule has 1 aromatic heterocycles. The fourth-order valence-corrected chi connectivity index (χ4v) is 2.60. The fourth-order valence-electron chi connectivity index (χ4n) is 2.60. The number of hydrogen-bond acceptors (Lipinski definition) is 1. The quantitative estimate of drug-likeness (QED) is 0.703. The number of aliphatic imine (C=N–C) groups is 1. The molecule has 0 aliphatic heterocycles. The van der Waals surface area contributed by atoms with E-state index in [-0.39, 0.29) is 5.54 Å². The van der Waals surface area contributed by atoms with E-state index < -0.39 is 0 Å². The largest absolute Gasteiger partial charge is 0.334 e. The van der Waals surface area contributed by atoms with Gasteiger partial charge in [0.05, 0.1) is 5.69 Å². The van der Waals surface area contributed by atoms with Gasteiger partial charge in [-0.25, -0.2) is 0 Å². The summed E-state index contributed by atoms with van der Waals surface area (Å²) in [6.07, 6.45) is 6.21. The Morgan fingerprint density at radius 3 is 2.42 bits per heavy atom. The zero-order chi connectivity index (χ0) is 14.0. The molecule has 0 atom stereocenters. The van der Waals surface area contributed by atoms with Gasteiger partial charge in [0.1, 0.15) is 0 Å². The van der Waals surface area contributed by atoms with Crippen molar-refractivity contribution in [3.05, 3.63) is 41.6 Å². The summed E-state index contributed by atoms with van der Waals surface area (Å²) in [7, 11) is 1.82. The second kappa shape index (κ2) is 5.04. The lowest BCUT2D eigenvalue weighted by Crippen LogP contribution is -2.23. The van der Waals surface area contributed by atoms with Crippen LogP contribution in [0.15, 0.2) is 35.3 Å². The molecule has 0 saturated carbocycles. The Kier molecular flexibility index (Phi) is 3.61. The highest BCUT2D eigenvalue weighted by Gasteiger charge is 2.22. The van der Waals surface area contributed by atoms with Crippen LogP contribution >= 0.6 is 0 Å². The summed E-state index contributed by atoms with van der Waals surface area (Å²) < 4.78 is 2.37. The summed E-state index contributed by atoms with van der Waals surface area (Å²) in [6.45, 7) is 8.74. The lowest BCUT2D eigenvalue weighted by atomic mass is 10.1. The molecule has 0 fully saturated rings. The Hall–Kier alpha value is -1.83. The second-order valence-corrected chi connectivity index (χ2v) is 5.71. The average molecular weight is 254 g/mol. The van der Waals surface area contributed by atoms with Gasteiger partial charge in [0.2, 0.25) is 0 Å². The molecular weight excluding hydrogens is 232 g/mol. The van der Waals surface area contributed by atoms with Gasteiger partial charge in [0.25, 0.3) is 0 Å². The molecule has 2 aromatic rings.